The van der Waals surface area contributed by atoms with Gasteiger partial charge in [-0.3, -0.25) is 0 Å². The fourth-order valence-electron chi connectivity index (χ4n) is 1.09. The van der Waals surface area contributed by atoms with Gasteiger partial charge in [-0.2, -0.15) is 70.2 Å². The SMILES string of the molecule is F[C](C(F)(F)F)C(F)(F)C(F)(F)C(F)(F)C(F)(F)C(F)(F)C(F)(F)F. The van der Waals surface area contributed by atoms with Crippen molar-refractivity contribution in [3.05, 3.63) is 6.17 Å². The Morgan fingerprint density at radius 3 is 0.920 bits per heavy atom. The summed E-state index contributed by atoms with van der Waals surface area (Å²) in [5.41, 5.74) is 0. The first-order chi connectivity index (χ1) is 10.4. The number of rotatable bonds is 5. The minimum absolute atomic E-state index is 5.32. The molecule has 0 aliphatic rings. The summed E-state index contributed by atoms with van der Waals surface area (Å²) in [5, 5.41) is 0. The molecule has 0 saturated carbocycles. The first-order valence-electron chi connectivity index (χ1n) is 4.96. The van der Waals surface area contributed by atoms with E-state index in [2.05, 4.69) is 0 Å². The summed E-state index contributed by atoms with van der Waals surface area (Å²) in [6.07, 6.45) is -20.2. The third kappa shape index (κ3) is 3.17. The smallest absolute Gasteiger partial charge is 0.222 e. The van der Waals surface area contributed by atoms with E-state index < -0.39 is 48.1 Å². The molecule has 0 spiro atoms. The van der Waals surface area contributed by atoms with Crippen LogP contribution < -0.4 is 0 Å². The molecule has 0 aliphatic heterocycles. The highest BCUT2D eigenvalue weighted by Gasteiger charge is 2.92. The number of alkyl halides is 16. The van der Waals surface area contributed by atoms with Crippen LogP contribution in [0.5, 0.6) is 0 Å². The lowest BCUT2D eigenvalue weighted by Gasteiger charge is -2.40. The van der Waals surface area contributed by atoms with Gasteiger partial charge in [0.05, 0.1) is 0 Å². The largest absolute Gasteiger partial charge is 0.460 e. The Morgan fingerprint density at radius 2 is 0.680 bits per heavy atom. The van der Waals surface area contributed by atoms with Gasteiger partial charge in [0.15, 0.2) is 0 Å². The molecule has 17 heteroatoms. The van der Waals surface area contributed by atoms with Gasteiger partial charge in [-0.1, -0.05) is 0 Å². The standard InChI is InChI=1S/C8F17/c9-1(3(12,13)14)2(10,11)4(15,16)5(17,18)6(19,20)7(21,22)8(23,24)25. The minimum Gasteiger partial charge on any atom is -0.222 e. The second kappa shape index (κ2) is 5.65. The fourth-order valence-corrected chi connectivity index (χ4v) is 1.09. The molecule has 0 amide bonds. The Bertz CT molecular complexity index is 478. The monoisotopic (exact) mass is 419 g/mol. The van der Waals surface area contributed by atoms with E-state index in [0.717, 1.165) is 0 Å². The Hall–Kier alpha value is -1.19. The predicted octanol–water partition coefficient (Wildman–Crippen LogP) is 5.79. The van der Waals surface area contributed by atoms with E-state index in [9.17, 15) is 74.6 Å². The van der Waals surface area contributed by atoms with Crippen LogP contribution in [0.4, 0.5) is 74.6 Å². The van der Waals surface area contributed by atoms with E-state index in [1.165, 1.54) is 0 Å². The maximum absolute atomic E-state index is 12.7. The molecule has 0 unspecified atom stereocenters. The first kappa shape index (κ1) is 23.8. The number of hydrogen-bond donors (Lipinski definition) is 0. The van der Waals surface area contributed by atoms with Gasteiger partial charge < -0.3 is 0 Å². The van der Waals surface area contributed by atoms with Gasteiger partial charge in [-0.25, -0.2) is 4.39 Å². The Labute approximate surface area is 124 Å². The molecule has 0 bridgehead atoms. The first-order valence-corrected chi connectivity index (χ1v) is 4.96. The topological polar surface area (TPSA) is 0 Å². The number of halogens is 17. The van der Waals surface area contributed by atoms with Crippen molar-refractivity contribution in [2.24, 2.45) is 0 Å². The molecular weight excluding hydrogens is 419 g/mol. The van der Waals surface area contributed by atoms with Crippen LogP contribution in [0, 0.1) is 6.17 Å². The highest BCUT2D eigenvalue weighted by Crippen LogP contribution is 2.62. The molecule has 0 heterocycles. The van der Waals surface area contributed by atoms with Gasteiger partial charge in [0.25, 0.3) is 0 Å². The van der Waals surface area contributed by atoms with Gasteiger partial charge in [-0.15, -0.1) is 0 Å². The third-order valence-corrected chi connectivity index (χ3v) is 2.46. The van der Waals surface area contributed by atoms with Crippen LogP contribution in [0.3, 0.4) is 0 Å². The van der Waals surface area contributed by atoms with Gasteiger partial charge in [0, 0.05) is 0 Å². The quantitative estimate of drug-likeness (QED) is 0.495. The van der Waals surface area contributed by atoms with Crippen LogP contribution in [-0.2, 0) is 0 Å². The zero-order valence-electron chi connectivity index (χ0n) is 10.4. The molecule has 0 aliphatic carbocycles. The van der Waals surface area contributed by atoms with E-state index in [-0.39, 0.29) is 0 Å². The molecule has 0 fully saturated rings. The summed E-state index contributed by atoms with van der Waals surface area (Å²) in [5.74, 6) is -41.2. The average molecular weight is 419 g/mol. The molecule has 0 aromatic rings. The third-order valence-electron chi connectivity index (χ3n) is 2.46. The Kier molecular flexibility index (Phi) is 5.38. The van der Waals surface area contributed by atoms with E-state index in [1.807, 2.05) is 0 Å². The highest BCUT2D eigenvalue weighted by molar-refractivity contribution is 5.17. The van der Waals surface area contributed by atoms with Crippen LogP contribution in [0.1, 0.15) is 0 Å². The number of hydrogen-bond acceptors (Lipinski definition) is 0. The van der Waals surface area contributed by atoms with Crippen LogP contribution in [0.25, 0.3) is 0 Å². The fraction of sp³-hybridized carbons (Fsp3) is 0.875. The minimum atomic E-state index is -8.48. The van der Waals surface area contributed by atoms with Gasteiger partial charge in [0.1, 0.15) is 0 Å². The zero-order valence-corrected chi connectivity index (χ0v) is 10.4. The second-order valence-electron chi connectivity index (χ2n) is 4.18. The van der Waals surface area contributed by atoms with Crippen LogP contribution >= 0.6 is 0 Å². The van der Waals surface area contributed by atoms with E-state index in [0.29, 0.717) is 0 Å². The maximum atomic E-state index is 12.7. The molecule has 0 N–H and O–H groups in total. The van der Waals surface area contributed by atoms with Gasteiger partial charge >= 0.3 is 48.1 Å². The van der Waals surface area contributed by atoms with Crippen LogP contribution in [0.15, 0.2) is 0 Å². The molecular formula is C8F17. The Balaban J connectivity index is 6.40. The Morgan fingerprint density at radius 1 is 0.400 bits per heavy atom. The molecule has 0 rings (SSSR count). The molecule has 0 aromatic carbocycles. The summed E-state index contributed by atoms with van der Waals surface area (Å²) in [6.45, 7) is 0. The summed E-state index contributed by atoms with van der Waals surface area (Å²) in [7, 11) is 0. The van der Waals surface area contributed by atoms with Gasteiger partial charge in [0.2, 0.25) is 0 Å². The van der Waals surface area contributed by atoms with E-state index in [4.69, 9.17) is 0 Å². The lowest BCUT2D eigenvalue weighted by Crippen LogP contribution is -2.71. The van der Waals surface area contributed by atoms with Crippen molar-refractivity contribution >= 4 is 0 Å². The molecule has 151 valence electrons. The van der Waals surface area contributed by atoms with Gasteiger partial charge in [-0.05, 0) is 0 Å². The van der Waals surface area contributed by atoms with Crippen molar-refractivity contribution in [1.29, 1.82) is 0 Å². The lowest BCUT2D eigenvalue weighted by molar-refractivity contribution is -0.442. The second-order valence-corrected chi connectivity index (χ2v) is 4.18. The highest BCUT2D eigenvalue weighted by atomic mass is 19.4. The normalized spacial score (nSPS) is 16.6. The molecule has 0 nitrogen and oxygen atoms in total. The van der Waals surface area contributed by atoms with E-state index in [1.54, 1.807) is 0 Å². The maximum Gasteiger partial charge on any atom is 0.460 e. The van der Waals surface area contributed by atoms with Crippen molar-refractivity contribution in [3.8, 4) is 0 Å². The molecule has 0 saturated heterocycles. The summed E-state index contributed by atoms with van der Waals surface area (Å²) in [6, 6.07) is 0. The zero-order chi connectivity index (χ0) is 21.1. The summed E-state index contributed by atoms with van der Waals surface area (Å²) < 4.78 is 208. The molecule has 0 aromatic heterocycles. The van der Waals surface area contributed by atoms with Crippen molar-refractivity contribution in [3.63, 3.8) is 0 Å². The summed E-state index contributed by atoms with van der Waals surface area (Å²) in [4.78, 5) is 0. The average Bonchev–Trinajstić information content (AvgIpc) is 2.34. The van der Waals surface area contributed by atoms with Crippen molar-refractivity contribution in [1.82, 2.24) is 0 Å². The van der Waals surface area contributed by atoms with Crippen molar-refractivity contribution in [2.45, 2.75) is 42.0 Å². The predicted molar refractivity (Wildman–Crippen MR) is 41.2 cm³/mol. The molecule has 1 radical (unpaired) electrons. The van der Waals surface area contributed by atoms with Crippen molar-refractivity contribution in [2.75, 3.05) is 0 Å². The molecule has 0 atom stereocenters. The summed E-state index contributed by atoms with van der Waals surface area (Å²) >= 11 is 0. The van der Waals surface area contributed by atoms with Crippen LogP contribution in [-0.4, -0.2) is 42.0 Å². The molecule has 25 heavy (non-hydrogen) atoms. The van der Waals surface area contributed by atoms with Crippen LogP contribution in [0.2, 0.25) is 0 Å². The van der Waals surface area contributed by atoms with E-state index >= 15 is 0 Å². The lowest BCUT2D eigenvalue weighted by atomic mass is 9.92. The van der Waals surface area contributed by atoms with Crippen molar-refractivity contribution < 1.29 is 74.6 Å².